The lowest BCUT2D eigenvalue weighted by molar-refractivity contribution is -0.131. The van der Waals surface area contributed by atoms with Gasteiger partial charge in [0.1, 0.15) is 0 Å². The number of aliphatic carboxylic acids is 1. The number of carboxylic acids is 1. The topological polar surface area (TPSA) is 49.3 Å². The van der Waals surface area contributed by atoms with Gasteiger partial charge < -0.3 is 10.4 Å². The van der Waals surface area contributed by atoms with E-state index in [1.165, 1.54) is 11.6 Å². The fourth-order valence-electron chi connectivity index (χ4n) is 2.52. The Bertz CT molecular complexity index is 452. The molecule has 1 saturated carbocycles. The van der Waals surface area contributed by atoms with E-state index in [9.17, 15) is 4.79 Å². The summed E-state index contributed by atoms with van der Waals surface area (Å²) >= 11 is 0. The molecular formula is C16H21NO2. The van der Waals surface area contributed by atoms with Gasteiger partial charge in [-0.2, -0.15) is 0 Å². The Morgan fingerprint density at radius 3 is 2.47 bits per heavy atom. The molecule has 0 heterocycles. The quantitative estimate of drug-likeness (QED) is 0.812. The van der Waals surface area contributed by atoms with Crippen molar-refractivity contribution in [2.75, 3.05) is 5.32 Å². The largest absolute Gasteiger partial charge is 0.478 e. The van der Waals surface area contributed by atoms with E-state index in [4.69, 9.17) is 5.11 Å². The molecule has 102 valence electrons. The monoisotopic (exact) mass is 259 g/mol. The van der Waals surface area contributed by atoms with Crippen LogP contribution in [0.1, 0.15) is 38.2 Å². The average molecular weight is 259 g/mol. The van der Waals surface area contributed by atoms with E-state index >= 15 is 0 Å². The fourth-order valence-corrected chi connectivity index (χ4v) is 2.52. The third kappa shape index (κ3) is 4.12. The first-order valence-electron chi connectivity index (χ1n) is 6.95. The lowest BCUT2D eigenvalue weighted by Crippen LogP contribution is -2.23. The van der Waals surface area contributed by atoms with Crippen LogP contribution in [0, 0.1) is 0 Å². The molecule has 3 nitrogen and oxygen atoms in total. The van der Waals surface area contributed by atoms with E-state index in [1.807, 2.05) is 0 Å². The molecule has 1 aromatic carbocycles. The van der Waals surface area contributed by atoms with Crippen molar-refractivity contribution in [1.29, 1.82) is 0 Å². The number of allylic oxidation sites excluding steroid dienone is 1. The van der Waals surface area contributed by atoms with Gasteiger partial charge in [-0.25, -0.2) is 4.79 Å². The molecule has 0 radical (unpaired) electrons. The van der Waals surface area contributed by atoms with Crippen LogP contribution >= 0.6 is 0 Å². The Labute approximate surface area is 114 Å². The molecule has 1 aliphatic rings. The average Bonchev–Trinajstić information content (AvgIpc) is 2.41. The standard InChI is InChI=1S/C16H21NO2/c1-2-12-3-7-14(8-4-12)17-15-9-5-13(6-10-15)11-16(18)19/h3-4,7-8,11,15,17H,2,5-6,9-10H2,1H3,(H,18,19). The fraction of sp³-hybridized carbons (Fsp3) is 0.438. The van der Waals surface area contributed by atoms with Gasteiger partial charge in [-0.3, -0.25) is 0 Å². The highest BCUT2D eigenvalue weighted by molar-refractivity contribution is 5.80. The number of anilines is 1. The van der Waals surface area contributed by atoms with Crippen LogP contribution in [0.2, 0.25) is 0 Å². The summed E-state index contributed by atoms with van der Waals surface area (Å²) in [6.07, 6.45) is 6.22. The van der Waals surface area contributed by atoms with Gasteiger partial charge in [0.15, 0.2) is 0 Å². The Kier molecular flexibility index (Phi) is 4.61. The van der Waals surface area contributed by atoms with Crippen molar-refractivity contribution >= 4 is 11.7 Å². The van der Waals surface area contributed by atoms with Gasteiger partial charge >= 0.3 is 5.97 Å². The van der Waals surface area contributed by atoms with E-state index in [2.05, 4.69) is 36.5 Å². The summed E-state index contributed by atoms with van der Waals surface area (Å²) in [6, 6.07) is 9.02. The summed E-state index contributed by atoms with van der Waals surface area (Å²) in [4.78, 5) is 10.6. The van der Waals surface area contributed by atoms with Gasteiger partial charge in [-0.15, -0.1) is 0 Å². The minimum Gasteiger partial charge on any atom is -0.478 e. The van der Waals surface area contributed by atoms with Gasteiger partial charge in [0.2, 0.25) is 0 Å². The molecule has 1 aromatic rings. The van der Waals surface area contributed by atoms with Crippen LogP contribution in [0.15, 0.2) is 35.9 Å². The zero-order valence-corrected chi connectivity index (χ0v) is 11.4. The molecule has 0 saturated heterocycles. The summed E-state index contributed by atoms with van der Waals surface area (Å²) in [6.45, 7) is 2.15. The van der Waals surface area contributed by atoms with E-state index < -0.39 is 5.97 Å². The number of hydrogen-bond acceptors (Lipinski definition) is 2. The molecule has 1 aliphatic carbocycles. The molecule has 0 bridgehead atoms. The number of benzene rings is 1. The van der Waals surface area contributed by atoms with Crippen molar-refractivity contribution in [1.82, 2.24) is 0 Å². The molecule has 0 amide bonds. The van der Waals surface area contributed by atoms with E-state index in [-0.39, 0.29) is 0 Å². The van der Waals surface area contributed by atoms with E-state index in [1.54, 1.807) is 0 Å². The van der Waals surface area contributed by atoms with Crippen LogP contribution in [0.3, 0.4) is 0 Å². The molecule has 2 N–H and O–H groups in total. The first-order chi connectivity index (χ1) is 9.17. The second-order valence-corrected chi connectivity index (χ2v) is 5.11. The second-order valence-electron chi connectivity index (χ2n) is 5.11. The number of rotatable bonds is 4. The first-order valence-corrected chi connectivity index (χ1v) is 6.95. The van der Waals surface area contributed by atoms with Gasteiger partial charge in [0.05, 0.1) is 0 Å². The van der Waals surface area contributed by atoms with Crippen molar-refractivity contribution < 1.29 is 9.90 Å². The molecule has 0 aliphatic heterocycles. The van der Waals surface area contributed by atoms with Gasteiger partial charge in [0, 0.05) is 17.8 Å². The Balaban J connectivity index is 1.86. The molecule has 0 spiro atoms. The predicted molar refractivity (Wildman–Crippen MR) is 77.4 cm³/mol. The maximum atomic E-state index is 10.6. The van der Waals surface area contributed by atoms with Crippen molar-refractivity contribution in [3.05, 3.63) is 41.5 Å². The smallest absolute Gasteiger partial charge is 0.328 e. The molecule has 1 fully saturated rings. The zero-order valence-electron chi connectivity index (χ0n) is 11.4. The number of carboxylic acid groups (broad SMARTS) is 1. The molecule has 0 aromatic heterocycles. The van der Waals surface area contributed by atoms with Crippen LogP contribution in [0.25, 0.3) is 0 Å². The Hall–Kier alpha value is -1.77. The van der Waals surface area contributed by atoms with Crippen LogP contribution < -0.4 is 5.32 Å². The highest BCUT2D eigenvalue weighted by Crippen LogP contribution is 2.26. The second kappa shape index (κ2) is 6.41. The Morgan fingerprint density at radius 2 is 1.95 bits per heavy atom. The normalized spacial score (nSPS) is 19.0. The highest BCUT2D eigenvalue weighted by atomic mass is 16.4. The lowest BCUT2D eigenvalue weighted by atomic mass is 9.90. The number of aryl methyl sites for hydroxylation is 1. The number of carbonyl (C=O) groups is 1. The summed E-state index contributed by atoms with van der Waals surface area (Å²) in [7, 11) is 0. The van der Waals surface area contributed by atoms with Gasteiger partial charge in [-0.1, -0.05) is 24.6 Å². The van der Waals surface area contributed by atoms with E-state index in [0.29, 0.717) is 6.04 Å². The molecule has 2 rings (SSSR count). The molecular weight excluding hydrogens is 238 g/mol. The molecule has 19 heavy (non-hydrogen) atoms. The summed E-state index contributed by atoms with van der Waals surface area (Å²) in [5.74, 6) is -0.823. The minimum absolute atomic E-state index is 0.457. The van der Waals surface area contributed by atoms with Crippen LogP contribution in [0.5, 0.6) is 0 Å². The van der Waals surface area contributed by atoms with Gasteiger partial charge in [0.25, 0.3) is 0 Å². The summed E-state index contributed by atoms with van der Waals surface area (Å²) in [5.41, 5.74) is 3.57. The SMILES string of the molecule is CCc1ccc(NC2CCC(=CC(=O)O)CC2)cc1. The number of hydrogen-bond donors (Lipinski definition) is 2. The van der Waals surface area contributed by atoms with Crippen molar-refractivity contribution in [3.63, 3.8) is 0 Å². The lowest BCUT2D eigenvalue weighted by Gasteiger charge is -2.25. The highest BCUT2D eigenvalue weighted by Gasteiger charge is 2.16. The summed E-state index contributed by atoms with van der Waals surface area (Å²) in [5, 5.41) is 12.3. The van der Waals surface area contributed by atoms with Gasteiger partial charge in [-0.05, 0) is 49.8 Å². The van der Waals surface area contributed by atoms with Crippen LogP contribution in [-0.4, -0.2) is 17.1 Å². The minimum atomic E-state index is -0.823. The molecule has 3 heteroatoms. The third-order valence-electron chi connectivity index (χ3n) is 3.69. The maximum absolute atomic E-state index is 10.6. The van der Waals surface area contributed by atoms with Crippen molar-refractivity contribution in [2.45, 2.75) is 45.1 Å². The molecule has 0 atom stereocenters. The zero-order chi connectivity index (χ0) is 13.7. The Morgan fingerprint density at radius 1 is 1.32 bits per heavy atom. The first kappa shape index (κ1) is 13.7. The van der Waals surface area contributed by atoms with Crippen LogP contribution in [0.4, 0.5) is 5.69 Å². The third-order valence-corrected chi connectivity index (χ3v) is 3.69. The van der Waals surface area contributed by atoms with Crippen LogP contribution in [-0.2, 0) is 11.2 Å². The van der Waals surface area contributed by atoms with Crippen molar-refractivity contribution in [2.24, 2.45) is 0 Å². The predicted octanol–water partition coefficient (Wildman–Crippen LogP) is 3.61. The maximum Gasteiger partial charge on any atom is 0.328 e. The van der Waals surface area contributed by atoms with E-state index in [0.717, 1.165) is 43.4 Å². The molecule has 0 unspecified atom stereocenters. The number of nitrogens with one attached hydrogen (secondary N) is 1. The van der Waals surface area contributed by atoms with Crippen molar-refractivity contribution in [3.8, 4) is 0 Å². The summed E-state index contributed by atoms with van der Waals surface area (Å²) < 4.78 is 0.